The molecule has 0 rings (SSSR count). The van der Waals surface area contributed by atoms with Gasteiger partial charge in [-0.15, -0.1) is 0 Å². The van der Waals surface area contributed by atoms with Gasteiger partial charge in [-0.05, 0) is 37.5 Å². The van der Waals surface area contributed by atoms with E-state index >= 15 is 0 Å². The standard InChI is InChI=1S/C73H142O17P2/c1-7-10-12-14-16-17-18-19-27-30-33-37-44-50-56-71(76)84-62-68(89-72(77)57-51-45-38-34-31-28-25-23-21-20-22-24-26-29-32-36-41-47-53-65(4)5)63-87-91(79,80)85-59-67(74)60-86-92(81,82)88-64-69(61-83-70(75)55-49-43-35-15-13-11-8-2)90-73(78)58-52-46-40-39-42-48-54-66(6)9-3/h65-69,74H,7-64H2,1-6H3,(H,79,80)(H,81,82)/t66?,67-,68-,69-/m1/s1. The molecule has 0 heterocycles. The van der Waals surface area contributed by atoms with Crippen LogP contribution in [0.3, 0.4) is 0 Å². The van der Waals surface area contributed by atoms with Crippen molar-refractivity contribution >= 4 is 39.5 Å². The van der Waals surface area contributed by atoms with Crippen molar-refractivity contribution in [3.8, 4) is 0 Å². The summed E-state index contributed by atoms with van der Waals surface area (Å²) in [7, 11) is -9.90. The topological polar surface area (TPSA) is 237 Å². The molecule has 3 N–H and O–H groups in total. The summed E-state index contributed by atoms with van der Waals surface area (Å²) < 4.78 is 68.2. The summed E-state index contributed by atoms with van der Waals surface area (Å²) in [5.74, 6) is -0.586. The van der Waals surface area contributed by atoms with E-state index in [1.165, 1.54) is 180 Å². The van der Waals surface area contributed by atoms with Gasteiger partial charge in [0.25, 0.3) is 0 Å². The molecule has 92 heavy (non-hydrogen) atoms. The number of rotatable bonds is 72. The van der Waals surface area contributed by atoms with Crippen LogP contribution in [0.15, 0.2) is 0 Å². The highest BCUT2D eigenvalue weighted by Gasteiger charge is 2.30. The molecule has 0 aliphatic carbocycles. The fraction of sp³-hybridized carbons (Fsp3) is 0.945. The number of phosphoric ester groups is 2. The fourth-order valence-electron chi connectivity index (χ4n) is 11.1. The van der Waals surface area contributed by atoms with Gasteiger partial charge in [-0.25, -0.2) is 9.13 Å². The van der Waals surface area contributed by atoms with E-state index in [-0.39, 0.29) is 25.7 Å². The molecule has 0 spiro atoms. The van der Waals surface area contributed by atoms with Gasteiger partial charge in [-0.3, -0.25) is 37.3 Å². The maximum absolute atomic E-state index is 13.1. The third-order valence-corrected chi connectivity index (χ3v) is 19.2. The van der Waals surface area contributed by atoms with Crippen molar-refractivity contribution in [3.63, 3.8) is 0 Å². The number of aliphatic hydroxyl groups is 1. The summed E-state index contributed by atoms with van der Waals surface area (Å²) in [6.45, 7) is 9.51. The first-order chi connectivity index (χ1) is 44.4. The first kappa shape index (κ1) is 90.1. The maximum Gasteiger partial charge on any atom is 0.472 e. The minimum atomic E-state index is -4.95. The minimum absolute atomic E-state index is 0.103. The van der Waals surface area contributed by atoms with Gasteiger partial charge in [-0.1, -0.05) is 324 Å². The average molecular weight is 1350 g/mol. The van der Waals surface area contributed by atoms with E-state index in [2.05, 4.69) is 41.5 Å². The molecule has 19 heteroatoms. The summed E-state index contributed by atoms with van der Waals surface area (Å²) >= 11 is 0. The van der Waals surface area contributed by atoms with E-state index in [4.69, 9.17) is 37.0 Å². The Morgan fingerprint density at radius 2 is 0.554 bits per heavy atom. The maximum atomic E-state index is 13.1. The summed E-state index contributed by atoms with van der Waals surface area (Å²) in [6, 6.07) is 0. The third kappa shape index (κ3) is 65.4. The number of hydrogen-bond donors (Lipinski definition) is 3. The second kappa shape index (κ2) is 65.0. The van der Waals surface area contributed by atoms with Crippen molar-refractivity contribution < 1.29 is 80.2 Å². The molecule has 0 amide bonds. The van der Waals surface area contributed by atoms with E-state index in [0.29, 0.717) is 25.7 Å². The molecule has 546 valence electrons. The fourth-order valence-corrected chi connectivity index (χ4v) is 12.7. The highest BCUT2D eigenvalue weighted by atomic mass is 31.2. The van der Waals surface area contributed by atoms with Gasteiger partial charge in [-0.2, -0.15) is 0 Å². The molecule has 0 aromatic carbocycles. The molecule has 0 fully saturated rings. The number of ether oxygens (including phenoxy) is 4. The minimum Gasteiger partial charge on any atom is -0.462 e. The summed E-state index contributed by atoms with van der Waals surface area (Å²) in [5, 5.41) is 10.6. The first-order valence-corrected chi connectivity index (χ1v) is 41.0. The first-order valence-electron chi connectivity index (χ1n) is 38.0. The molecule has 0 aliphatic rings. The SMILES string of the molecule is CCCCCCCCCCCCCCCCC(=O)OC[C@H](COP(=O)(O)OC[C@@H](O)COP(=O)(O)OC[C@@H](COC(=O)CCCCCCCCC)OC(=O)CCCCCCCCC(C)CC)OC(=O)CCCCCCCCCCCCCCCCCCCCC(C)C. The Bertz CT molecular complexity index is 1790. The lowest BCUT2D eigenvalue weighted by atomic mass is 10.00. The summed E-state index contributed by atoms with van der Waals surface area (Å²) in [5.41, 5.74) is 0. The van der Waals surface area contributed by atoms with Crippen molar-refractivity contribution in [2.75, 3.05) is 39.6 Å². The predicted octanol–water partition coefficient (Wildman–Crippen LogP) is 21.2. The number of hydrogen-bond acceptors (Lipinski definition) is 15. The molecule has 0 aromatic heterocycles. The number of carbonyl (C=O) groups is 4. The number of carbonyl (C=O) groups excluding carboxylic acids is 4. The zero-order valence-corrected chi connectivity index (χ0v) is 61.6. The molecular formula is C73H142O17P2. The zero-order chi connectivity index (χ0) is 67.9. The van der Waals surface area contributed by atoms with Gasteiger partial charge < -0.3 is 33.8 Å². The molecule has 3 unspecified atom stereocenters. The van der Waals surface area contributed by atoms with Crippen molar-refractivity contribution in [1.29, 1.82) is 0 Å². The lowest BCUT2D eigenvalue weighted by Gasteiger charge is -2.21. The Kier molecular flexibility index (Phi) is 63.7. The quantitative estimate of drug-likeness (QED) is 0.0222. The van der Waals surface area contributed by atoms with Crippen LogP contribution in [0.5, 0.6) is 0 Å². The molecule has 0 saturated heterocycles. The monoisotopic (exact) mass is 1350 g/mol. The highest BCUT2D eigenvalue weighted by Crippen LogP contribution is 2.45. The Labute approximate surface area is 562 Å². The lowest BCUT2D eigenvalue weighted by Crippen LogP contribution is -2.30. The van der Waals surface area contributed by atoms with Crippen molar-refractivity contribution in [1.82, 2.24) is 0 Å². The molecule has 6 atom stereocenters. The molecule has 0 aromatic rings. The van der Waals surface area contributed by atoms with Gasteiger partial charge >= 0.3 is 39.5 Å². The van der Waals surface area contributed by atoms with Gasteiger partial charge in [0, 0.05) is 25.7 Å². The largest absolute Gasteiger partial charge is 0.472 e. The van der Waals surface area contributed by atoms with Crippen LogP contribution in [0.4, 0.5) is 0 Å². The van der Waals surface area contributed by atoms with E-state index in [9.17, 15) is 43.2 Å². The van der Waals surface area contributed by atoms with Crippen LogP contribution in [0.1, 0.15) is 375 Å². The average Bonchev–Trinajstić information content (AvgIpc) is 3.46. The molecule has 0 bridgehead atoms. The van der Waals surface area contributed by atoms with E-state index < -0.39 is 97.5 Å². The van der Waals surface area contributed by atoms with Crippen LogP contribution in [0.2, 0.25) is 0 Å². The van der Waals surface area contributed by atoms with Gasteiger partial charge in [0.05, 0.1) is 26.4 Å². The molecule has 17 nitrogen and oxygen atoms in total. The van der Waals surface area contributed by atoms with Crippen LogP contribution in [-0.4, -0.2) is 96.7 Å². The van der Waals surface area contributed by atoms with Gasteiger partial charge in [0.15, 0.2) is 12.2 Å². The smallest absolute Gasteiger partial charge is 0.462 e. The molecule has 0 aliphatic heterocycles. The number of aliphatic hydroxyl groups excluding tert-OH is 1. The molecule has 0 saturated carbocycles. The second-order valence-corrected chi connectivity index (χ2v) is 30.0. The Balaban J connectivity index is 5.16. The van der Waals surface area contributed by atoms with Gasteiger partial charge in [0.2, 0.25) is 0 Å². The van der Waals surface area contributed by atoms with E-state index in [1.807, 2.05) is 0 Å². The van der Waals surface area contributed by atoms with Crippen LogP contribution in [-0.2, 0) is 65.4 Å². The van der Waals surface area contributed by atoms with Gasteiger partial charge in [0.1, 0.15) is 19.3 Å². The van der Waals surface area contributed by atoms with Crippen LogP contribution < -0.4 is 0 Å². The Morgan fingerprint density at radius 3 is 0.826 bits per heavy atom. The number of esters is 4. The predicted molar refractivity (Wildman–Crippen MR) is 372 cm³/mol. The molecule has 0 radical (unpaired) electrons. The zero-order valence-electron chi connectivity index (χ0n) is 59.9. The number of unbranched alkanes of at least 4 members (excludes halogenated alkanes) is 41. The third-order valence-electron chi connectivity index (χ3n) is 17.3. The normalized spacial score (nSPS) is 14.4. The van der Waals surface area contributed by atoms with Crippen LogP contribution >= 0.6 is 15.6 Å². The summed E-state index contributed by atoms with van der Waals surface area (Å²) in [4.78, 5) is 72.5. The Morgan fingerprint density at radius 1 is 0.315 bits per heavy atom. The number of phosphoric acid groups is 2. The lowest BCUT2D eigenvalue weighted by molar-refractivity contribution is -0.161. The van der Waals surface area contributed by atoms with Crippen molar-refractivity contribution in [3.05, 3.63) is 0 Å². The van der Waals surface area contributed by atoms with E-state index in [0.717, 1.165) is 115 Å². The Hall–Kier alpha value is -1.94. The van der Waals surface area contributed by atoms with Crippen LogP contribution in [0, 0.1) is 11.8 Å². The summed E-state index contributed by atoms with van der Waals surface area (Å²) in [6.07, 6.45) is 51.6. The van der Waals surface area contributed by atoms with Crippen molar-refractivity contribution in [2.24, 2.45) is 11.8 Å². The van der Waals surface area contributed by atoms with Crippen molar-refractivity contribution in [2.45, 2.75) is 394 Å². The van der Waals surface area contributed by atoms with Crippen LogP contribution in [0.25, 0.3) is 0 Å². The van der Waals surface area contributed by atoms with E-state index in [1.54, 1.807) is 0 Å². The molecular weight excluding hydrogens is 1210 g/mol. The highest BCUT2D eigenvalue weighted by molar-refractivity contribution is 7.47. The second-order valence-electron chi connectivity index (χ2n) is 27.1.